The Bertz CT molecular complexity index is 438. The first-order chi connectivity index (χ1) is 5.95. The van der Waals surface area contributed by atoms with Crippen LogP contribution in [-0.2, 0) is 10.1 Å². The Labute approximate surface area is 73.8 Å². The van der Waals surface area contributed by atoms with Crippen LogP contribution in [0.1, 0.15) is 10.4 Å². The molecule has 4 nitrogen and oxygen atoms in total. The van der Waals surface area contributed by atoms with Crippen LogP contribution in [0, 0.1) is 5.82 Å². The summed E-state index contributed by atoms with van der Waals surface area (Å²) in [5, 5.41) is 0. The monoisotopic (exact) mass is 204 g/mol. The molecule has 1 aromatic rings. The highest BCUT2D eigenvalue weighted by molar-refractivity contribution is 7.86. The molecule has 1 aromatic carbocycles. The number of halogens is 1. The first kappa shape index (κ1) is 9.82. The fraction of sp³-hybridized carbons (Fsp3) is 0. The van der Waals surface area contributed by atoms with Gasteiger partial charge in [0.1, 0.15) is 10.7 Å². The number of aldehydes is 1. The van der Waals surface area contributed by atoms with Gasteiger partial charge in [0.2, 0.25) is 0 Å². The maximum absolute atomic E-state index is 12.5. The lowest BCUT2D eigenvalue weighted by molar-refractivity contribution is 0.111. The van der Waals surface area contributed by atoms with Crippen LogP contribution in [0.4, 0.5) is 4.39 Å². The van der Waals surface area contributed by atoms with Crippen molar-refractivity contribution in [2.24, 2.45) is 0 Å². The highest BCUT2D eigenvalue weighted by Crippen LogP contribution is 2.14. The van der Waals surface area contributed by atoms with Crippen molar-refractivity contribution in [3.05, 3.63) is 29.6 Å². The molecule has 0 aromatic heterocycles. The second-order valence-electron chi connectivity index (χ2n) is 2.28. The Hall–Kier alpha value is -1.27. The lowest BCUT2D eigenvalue weighted by Crippen LogP contribution is -2.02. The highest BCUT2D eigenvalue weighted by Gasteiger charge is 2.15. The minimum Gasteiger partial charge on any atom is -0.298 e. The third-order valence-electron chi connectivity index (χ3n) is 1.38. The fourth-order valence-corrected chi connectivity index (χ4v) is 1.49. The molecule has 0 radical (unpaired) electrons. The molecular weight excluding hydrogens is 199 g/mol. The lowest BCUT2D eigenvalue weighted by Gasteiger charge is -1.99. The van der Waals surface area contributed by atoms with Gasteiger partial charge >= 0.3 is 0 Å². The summed E-state index contributed by atoms with van der Waals surface area (Å²) in [6.07, 6.45) is 0.159. The number of hydrogen-bond donors (Lipinski definition) is 1. The van der Waals surface area contributed by atoms with Crippen molar-refractivity contribution in [2.75, 3.05) is 0 Å². The summed E-state index contributed by atoms with van der Waals surface area (Å²) in [6.45, 7) is 0. The van der Waals surface area contributed by atoms with E-state index >= 15 is 0 Å². The van der Waals surface area contributed by atoms with E-state index < -0.39 is 26.4 Å². The van der Waals surface area contributed by atoms with E-state index in [2.05, 4.69) is 0 Å². The molecule has 6 heteroatoms. The average molecular weight is 204 g/mol. The largest absolute Gasteiger partial charge is 0.298 e. The molecule has 0 heterocycles. The van der Waals surface area contributed by atoms with Gasteiger partial charge in [-0.3, -0.25) is 9.35 Å². The zero-order valence-corrected chi connectivity index (χ0v) is 7.08. The number of benzene rings is 1. The van der Waals surface area contributed by atoms with Crippen LogP contribution < -0.4 is 0 Å². The number of carbonyl (C=O) groups is 1. The molecule has 0 aliphatic heterocycles. The van der Waals surface area contributed by atoms with Gasteiger partial charge in [-0.05, 0) is 18.2 Å². The minimum absolute atomic E-state index is 0.159. The van der Waals surface area contributed by atoms with Crippen LogP contribution in [0.15, 0.2) is 23.1 Å². The first-order valence-corrected chi connectivity index (χ1v) is 4.61. The molecule has 0 amide bonds. The molecule has 0 saturated carbocycles. The predicted molar refractivity (Wildman–Crippen MR) is 41.6 cm³/mol. The minimum atomic E-state index is -4.46. The number of carbonyl (C=O) groups excluding carboxylic acids is 1. The predicted octanol–water partition coefficient (Wildman–Crippen LogP) is 0.885. The Morgan fingerprint density at radius 3 is 2.46 bits per heavy atom. The molecular formula is C7H5FO4S. The smallest absolute Gasteiger partial charge is 0.295 e. The van der Waals surface area contributed by atoms with Crippen molar-refractivity contribution in [1.82, 2.24) is 0 Å². The maximum atomic E-state index is 12.5. The lowest BCUT2D eigenvalue weighted by atomic mass is 10.2. The van der Waals surface area contributed by atoms with Crippen molar-refractivity contribution < 1.29 is 22.2 Å². The third-order valence-corrected chi connectivity index (χ3v) is 2.30. The van der Waals surface area contributed by atoms with Crippen molar-refractivity contribution in [3.63, 3.8) is 0 Å². The summed E-state index contributed by atoms with van der Waals surface area (Å²) < 4.78 is 42.3. The molecule has 1 N–H and O–H groups in total. The summed E-state index contributed by atoms with van der Waals surface area (Å²) in [4.78, 5) is 9.69. The summed E-state index contributed by atoms with van der Waals surface area (Å²) >= 11 is 0. The Morgan fingerprint density at radius 2 is 2.00 bits per heavy atom. The van der Waals surface area contributed by atoms with E-state index in [1.807, 2.05) is 0 Å². The van der Waals surface area contributed by atoms with Gasteiger partial charge in [0, 0.05) is 5.56 Å². The quantitative estimate of drug-likeness (QED) is 0.573. The van der Waals surface area contributed by atoms with Gasteiger partial charge < -0.3 is 0 Å². The molecule has 0 aliphatic carbocycles. The normalized spacial score (nSPS) is 11.2. The molecule has 13 heavy (non-hydrogen) atoms. The molecule has 0 atom stereocenters. The molecule has 0 bridgehead atoms. The molecule has 0 saturated heterocycles. The van der Waals surface area contributed by atoms with Crippen molar-refractivity contribution in [2.45, 2.75) is 4.90 Å². The van der Waals surface area contributed by atoms with Crippen molar-refractivity contribution >= 4 is 16.4 Å². The van der Waals surface area contributed by atoms with Crippen molar-refractivity contribution in [1.29, 1.82) is 0 Å². The maximum Gasteiger partial charge on any atom is 0.295 e. The van der Waals surface area contributed by atoms with Crippen LogP contribution >= 0.6 is 0 Å². The van der Waals surface area contributed by atoms with Crippen molar-refractivity contribution in [3.8, 4) is 0 Å². The van der Waals surface area contributed by atoms with E-state index in [4.69, 9.17) is 4.55 Å². The summed E-state index contributed by atoms with van der Waals surface area (Å²) in [5.41, 5.74) is -0.400. The number of rotatable bonds is 2. The number of hydrogen-bond acceptors (Lipinski definition) is 3. The van der Waals surface area contributed by atoms with Gasteiger partial charge in [-0.1, -0.05) is 0 Å². The van der Waals surface area contributed by atoms with Gasteiger partial charge in [-0.15, -0.1) is 0 Å². The van der Waals surface area contributed by atoms with Gasteiger partial charge in [0.05, 0.1) is 0 Å². The van der Waals surface area contributed by atoms with Crippen LogP contribution in [0.3, 0.4) is 0 Å². The van der Waals surface area contributed by atoms with E-state index in [0.29, 0.717) is 0 Å². The van der Waals surface area contributed by atoms with E-state index in [1.54, 1.807) is 0 Å². The van der Waals surface area contributed by atoms with Crippen LogP contribution in [0.2, 0.25) is 0 Å². The molecule has 0 unspecified atom stereocenters. The molecule has 0 aliphatic rings. The molecule has 1 rings (SSSR count). The Balaban J connectivity index is 3.47. The van der Waals surface area contributed by atoms with Gasteiger partial charge in [-0.2, -0.15) is 8.42 Å². The van der Waals surface area contributed by atoms with Crippen LogP contribution in [-0.4, -0.2) is 19.3 Å². The van der Waals surface area contributed by atoms with E-state index in [-0.39, 0.29) is 6.29 Å². The summed E-state index contributed by atoms with van der Waals surface area (Å²) in [7, 11) is -4.46. The standard InChI is InChI=1S/C7H5FO4S/c8-6-1-2-7(13(10,11)12)5(3-6)4-9/h1-4H,(H,10,11,12). The second kappa shape index (κ2) is 3.23. The third kappa shape index (κ3) is 2.10. The molecule has 0 spiro atoms. The van der Waals surface area contributed by atoms with Gasteiger partial charge in [0.25, 0.3) is 10.1 Å². The van der Waals surface area contributed by atoms with Crippen LogP contribution in [0.5, 0.6) is 0 Å². The summed E-state index contributed by atoms with van der Waals surface area (Å²) in [6, 6.07) is 2.40. The zero-order chi connectivity index (χ0) is 10.1. The fourth-order valence-electron chi connectivity index (χ4n) is 0.846. The zero-order valence-electron chi connectivity index (χ0n) is 6.27. The van der Waals surface area contributed by atoms with Gasteiger partial charge in [-0.25, -0.2) is 4.39 Å². The Morgan fingerprint density at radius 1 is 1.38 bits per heavy atom. The average Bonchev–Trinajstić information content (AvgIpc) is 2.01. The van der Waals surface area contributed by atoms with Gasteiger partial charge in [0.15, 0.2) is 6.29 Å². The summed E-state index contributed by atoms with van der Waals surface area (Å²) in [5.74, 6) is -0.741. The second-order valence-corrected chi connectivity index (χ2v) is 3.67. The van der Waals surface area contributed by atoms with Crippen LogP contribution in [0.25, 0.3) is 0 Å². The SMILES string of the molecule is O=Cc1cc(F)ccc1S(=O)(=O)O. The first-order valence-electron chi connectivity index (χ1n) is 3.17. The van der Waals surface area contributed by atoms with E-state index in [1.165, 1.54) is 0 Å². The van der Waals surface area contributed by atoms with E-state index in [0.717, 1.165) is 18.2 Å². The molecule has 70 valence electrons. The Kier molecular flexibility index (Phi) is 2.44. The molecule has 0 fully saturated rings. The van der Waals surface area contributed by atoms with E-state index in [9.17, 15) is 17.6 Å². The highest BCUT2D eigenvalue weighted by atomic mass is 32.2. The topological polar surface area (TPSA) is 71.4 Å².